The second-order valence-corrected chi connectivity index (χ2v) is 6.48. The SMILES string of the molecule is Cc1c(-c2c3ccccc3nn2C)cc(C#N)cc1-[n+]1ccccc1C. The molecule has 0 radical (unpaired) electrons. The van der Waals surface area contributed by atoms with Gasteiger partial charge in [-0.05, 0) is 19.1 Å². The zero-order valence-electron chi connectivity index (χ0n) is 15.1. The van der Waals surface area contributed by atoms with Gasteiger partial charge in [-0.15, -0.1) is 0 Å². The minimum absolute atomic E-state index is 0.640. The number of aromatic nitrogens is 3. The van der Waals surface area contributed by atoms with Crippen molar-refractivity contribution in [3.05, 3.63) is 77.6 Å². The molecule has 2 heterocycles. The molecule has 0 aliphatic heterocycles. The Kier molecular flexibility index (Phi) is 3.78. The number of fused-ring (bicyclic) bond motifs is 1. The number of pyridine rings is 1. The third kappa shape index (κ3) is 2.46. The van der Waals surface area contributed by atoms with Crippen molar-refractivity contribution in [3.63, 3.8) is 0 Å². The van der Waals surface area contributed by atoms with Crippen LogP contribution in [0.15, 0.2) is 60.8 Å². The second kappa shape index (κ2) is 6.12. The van der Waals surface area contributed by atoms with Crippen LogP contribution in [0.5, 0.6) is 0 Å². The van der Waals surface area contributed by atoms with Crippen LogP contribution in [0.1, 0.15) is 16.8 Å². The number of hydrogen-bond donors (Lipinski definition) is 0. The summed E-state index contributed by atoms with van der Waals surface area (Å²) in [5.74, 6) is 0. The Balaban J connectivity index is 2.07. The molecule has 0 saturated carbocycles. The molecule has 0 aliphatic rings. The zero-order valence-corrected chi connectivity index (χ0v) is 15.1. The second-order valence-electron chi connectivity index (χ2n) is 6.48. The van der Waals surface area contributed by atoms with Gasteiger partial charge >= 0.3 is 0 Å². The predicted octanol–water partition coefficient (Wildman–Crippen LogP) is 4.01. The lowest BCUT2D eigenvalue weighted by Crippen LogP contribution is -2.34. The minimum atomic E-state index is 0.640. The van der Waals surface area contributed by atoms with Crippen LogP contribution in [0, 0.1) is 25.2 Å². The van der Waals surface area contributed by atoms with Crippen molar-refractivity contribution in [2.45, 2.75) is 13.8 Å². The molecule has 0 fully saturated rings. The first-order valence-electron chi connectivity index (χ1n) is 8.54. The largest absolute Gasteiger partial charge is 0.267 e. The Hall–Kier alpha value is -3.45. The van der Waals surface area contributed by atoms with Crippen molar-refractivity contribution >= 4 is 10.9 Å². The third-order valence-corrected chi connectivity index (χ3v) is 4.83. The van der Waals surface area contributed by atoms with Crippen LogP contribution in [0.25, 0.3) is 27.8 Å². The Labute approximate surface area is 152 Å². The number of nitrogens with zero attached hydrogens (tertiary/aromatic N) is 4. The molecule has 26 heavy (non-hydrogen) atoms. The first kappa shape index (κ1) is 16.0. The third-order valence-electron chi connectivity index (χ3n) is 4.83. The van der Waals surface area contributed by atoms with Crippen LogP contribution in [0.3, 0.4) is 0 Å². The van der Waals surface area contributed by atoms with Gasteiger partial charge in [-0.3, -0.25) is 4.68 Å². The molecule has 0 N–H and O–H groups in total. The number of aryl methyl sites for hydroxylation is 2. The van der Waals surface area contributed by atoms with Crippen LogP contribution in [-0.4, -0.2) is 9.78 Å². The fourth-order valence-electron chi connectivity index (χ4n) is 3.52. The smallest absolute Gasteiger partial charge is 0.215 e. The van der Waals surface area contributed by atoms with Gasteiger partial charge in [0.25, 0.3) is 0 Å². The first-order chi connectivity index (χ1) is 12.6. The lowest BCUT2D eigenvalue weighted by Gasteiger charge is -2.11. The van der Waals surface area contributed by atoms with Gasteiger partial charge in [-0.1, -0.05) is 24.3 Å². The Morgan fingerprint density at radius 2 is 1.81 bits per heavy atom. The maximum atomic E-state index is 9.59. The number of rotatable bonds is 2. The summed E-state index contributed by atoms with van der Waals surface area (Å²) in [6, 6.07) is 20.4. The highest BCUT2D eigenvalue weighted by atomic mass is 15.3. The van der Waals surface area contributed by atoms with Crippen molar-refractivity contribution < 1.29 is 4.57 Å². The molecular weight excluding hydrogens is 320 g/mol. The van der Waals surface area contributed by atoms with E-state index in [-0.39, 0.29) is 0 Å². The predicted molar refractivity (Wildman–Crippen MR) is 102 cm³/mol. The fourth-order valence-corrected chi connectivity index (χ4v) is 3.52. The molecule has 4 aromatic rings. The summed E-state index contributed by atoms with van der Waals surface area (Å²) in [5.41, 5.74) is 6.92. The van der Waals surface area contributed by atoms with Crippen LogP contribution >= 0.6 is 0 Å². The monoisotopic (exact) mass is 339 g/mol. The summed E-state index contributed by atoms with van der Waals surface area (Å²) in [4.78, 5) is 0. The number of benzene rings is 2. The van der Waals surface area contributed by atoms with E-state index < -0.39 is 0 Å². The van der Waals surface area contributed by atoms with Gasteiger partial charge in [-0.25, -0.2) is 0 Å². The van der Waals surface area contributed by atoms with Crippen molar-refractivity contribution in [1.29, 1.82) is 5.26 Å². The Morgan fingerprint density at radius 1 is 1.04 bits per heavy atom. The van der Waals surface area contributed by atoms with Crippen LogP contribution in [-0.2, 0) is 7.05 Å². The van der Waals surface area contributed by atoms with E-state index in [4.69, 9.17) is 0 Å². The normalized spacial score (nSPS) is 10.8. The van der Waals surface area contributed by atoms with Gasteiger partial charge in [0.1, 0.15) is 0 Å². The highest BCUT2D eigenvalue weighted by molar-refractivity contribution is 5.94. The molecule has 0 unspecified atom stereocenters. The number of hydrogen-bond acceptors (Lipinski definition) is 2. The molecule has 0 aliphatic carbocycles. The topological polar surface area (TPSA) is 45.5 Å². The summed E-state index contributed by atoms with van der Waals surface area (Å²) in [7, 11) is 1.95. The fraction of sp³-hybridized carbons (Fsp3) is 0.136. The van der Waals surface area contributed by atoms with Crippen molar-refractivity contribution in [2.75, 3.05) is 0 Å². The average molecular weight is 339 g/mol. The molecule has 4 rings (SSSR count). The molecule has 4 nitrogen and oxygen atoms in total. The molecule has 0 saturated heterocycles. The molecule has 2 aromatic heterocycles. The summed E-state index contributed by atoms with van der Waals surface area (Å²) < 4.78 is 4.03. The van der Waals surface area contributed by atoms with Crippen molar-refractivity contribution in [1.82, 2.24) is 9.78 Å². The summed E-state index contributed by atoms with van der Waals surface area (Å²) >= 11 is 0. The van der Waals surface area contributed by atoms with Crippen molar-refractivity contribution in [3.8, 4) is 23.0 Å². The van der Waals surface area contributed by atoms with Gasteiger partial charge in [0.05, 0.1) is 22.8 Å². The van der Waals surface area contributed by atoms with Gasteiger partial charge in [0, 0.05) is 48.7 Å². The molecular formula is C22H19N4+. The summed E-state index contributed by atoms with van der Waals surface area (Å²) in [5, 5.41) is 15.3. The van der Waals surface area contributed by atoms with Gasteiger partial charge in [0.2, 0.25) is 5.69 Å². The molecule has 0 amide bonds. The van der Waals surface area contributed by atoms with Crippen LogP contribution in [0.2, 0.25) is 0 Å². The lowest BCUT2D eigenvalue weighted by molar-refractivity contribution is -0.603. The highest BCUT2D eigenvalue weighted by Gasteiger charge is 2.21. The van der Waals surface area contributed by atoms with Gasteiger partial charge in [0.15, 0.2) is 11.9 Å². The number of nitriles is 1. The van der Waals surface area contributed by atoms with E-state index in [1.165, 1.54) is 0 Å². The van der Waals surface area contributed by atoms with E-state index in [0.717, 1.165) is 39.1 Å². The van der Waals surface area contributed by atoms with E-state index in [2.05, 4.69) is 41.7 Å². The zero-order chi connectivity index (χ0) is 18.3. The summed E-state index contributed by atoms with van der Waals surface area (Å²) in [6.07, 6.45) is 2.03. The average Bonchev–Trinajstić information content (AvgIpc) is 2.98. The van der Waals surface area contributed by atoms with E-state index in [0.29, 0.717) is 5.56 Å². The first-order valence-corrected chi connectivity index (χ1v) is 8.54. The van der Waals surface area contributed by atoms with E-state index >= 15 is 0 Å². The Morgan fingerprint density at radius 3 is 2.58 bits per heavy atom. The summed E-state index contributed by atoms with van der Waals surface area (Å²) in [6.45, 7) is 4.17. The molecule has 0 atom stereocenters. The molecule has 126 valence electrons. The van der Waals surface area contributed by atoms with E-state index in [1.807, 2.05) is 60.4 Å². The standard InChI is InChI=1S/C22H19N4/c1-15-8-6-7-11-26(15)21-13-17(14-23)12-19(16(21)2)22-18-9-4-5-10-20(18)24-25(22)3/h4-13H,1-3H3/q+1. The van der Waals surface area contributed by atoms with Gasteiger partial charge in [-0.2, -0.15) is 14.9 Å². The van der Waals surface area contributed by atoms with Gasteiger partial charge < -0.3 is 0 Å². The molecule has 0 spiro atoms. The molecule has 0 bridgehead atoms. The maximum absolute atomic E-state index is 9.59. The Bertz CT molecular complexity index is 1180. The van der Waals surface area contributed by atoms with Crippen molar-refractivity contribution in [2.24, 2.45) is 7.05 Å². The van der Waals surface area contributed by atoms with Crippen LogP contribution < -0.4 is 4.57 Å². The molecule has 4 heteroatoms. The minimum Gasteiger partial charge on any atom is -0.267 e. The maximum Gasteiger partial charge on any atom is 0.215 e. The quantitative estimate of drug-likeness (QED) is 0.518. The van der Waals surface area contributed by atoms with E-state index in [9.17, 15) is 5.26 Å². The molecule has 2 aromatic carbocycles. The highest BCUT2D eigenvalue weighted by Crippen LogP contribution is 2.33. The van der Waals surface area contributed by atoms with E-state index in [1.54, 1.807) is 0 Å². The lowest BCUT2D eigenvalue weighted by atomic mass is 9.98. The van der Waals surface area contributed by atoms with Crippen LogP contribution in [0.4, 0.5) is 0 Å².